The van der Waals surface area contributed by atoms with Crippen molar-refractivity contribution in [3.63, 3.8) is 0 Å². The molecule has 0 N–H and O–H groups in total. The molecule has 1 amide bonds. The van der Waals surface area contributed by atoms with Gasteiger partial charge in [0, 0.05) is 26.3 Å². The largest absolute Gasteiger partial charge is 0.485 e. The Morgan fingerprint density at radius 2 is 1.72 bits per heavy atom. The Labute approximate surface area is 170 Å². The van der Waals surface area contributed by atoms with E-state index in [0.717, 1.165) is 17.0 Å². The van der Waals surface area contributed by atoms with Gasteiger partial charge in [0.05, 0.1) is 12.8 Å². The molecule has 0 saturated carbocycles. The summed E-state index contributed by atoms with van der Waals surface area (Å²) in [6.07, 6.45) is 0.918. The van der Waals surface area contributed by atoms with Crippen LogP contribution < -0.4 is 14.4 Å². The third-order valence-electron chi connectivity index (χ3n) is 4.85. The number of fused-ring (bicyclic) bond motifs is 1. The molecule has 1 aliphatic heterocycles. The average Bonchev–Trinajstić information content (AvgIpc) is 3.26. The van der Waals surface area contributed by atoms with Crippen molar-refractivity contribution < 1.29 is 18.7 Å². The molecule has 0 bridgehead atoms. The second-order valence-electron chi connectivity index (χ2n) is 7.20. The Morgan fingerprint density at radius 3 is 2.41 bits per heavy atom. The number of carbonyl (C=O) groups is 1. The summed E-state index contributed by atoms with van der Waals surface area (Å²) in [5.41, 5.74) is 2.14. The molecule has 0 saturated heterocycles. The molecule has 6 nitrogen and oxygen atoms in total. The minimum absolute atomic E-state index is 0.132. The minimum Gasteiger partial charge on any atom is -0.485 e. The number of anilines is 1. The Hall–Kier alpha value is -3.41. The topological polar surface area (TPSA) is 55.2 Å². The summed E-state index contributed by atoms with van der Waals surface area (Å²) in [5, 5.41) is 0. The Bertz CT molecular complexity index is 951. The monoisotopic (exact) mass is 392 g/mol. The van der Waals surface area contributed by atoms with E-state index in [4.69, 9.17) is 13.9 Å². The number of hydrogen-bond donors (Lipinski definition) is 0. The predicted molar refractivity (Wildman–Crippen MR) is 110 cm³/mol. The quantitative estimate of drug-likeness (QED) is 0.640. The third-order valence-corrected chi connectivity index (χ3v) is 4.85. The highest BCUT2D eigenvalue weighted by Crippen LogP contribution is 2.31. The lowest BCUT2D eigenvalue weighted by Gasteiger charge is -2.30. The van der Waals surface area contributed by atoms with Crippen LogP contribution in [0.1, 0.15) is 11.3 Å². The van der Waals surface area contributed by atoms with Crippen LogP contribution in [0.4, 0.5) is 5.69 Å². The smallest absolute Gasteiger partial charge is 0.267 e. The van der Waals surface area contributed by atoms with Crippen molar-refractivity contribution in [2.24, 2.45) is 0 Å². The van der Waals surface area contributed by atoms with Gasteiger partial charge >= 0.3 is 0 Å². The van der Waals surface area contributed by atoms with Crippen molar-refractivity contribution >= 4 is 11.6 Å². The van der Waals surface area contributed by atoms with Gasteiger partial charge in [0.25, 0.3) is 5.91 Å². The maximum absolute atomic E-state index is 13.3. The summed E-state index contributed by atoms with van der Waals surface area (Å²) < 4.78 is 17.1. The van der Waals surface area contributed by atoms with Crippen molar-refractivity contribution in [3.8, 4) is 11.5 Å². The van der Waals surface area contributed by atoms with Crippen LogP contribution in [0.3, 0.4) is 0 Å². The first kappa shape index (κ1) is 18.9. The van der Waals surface area contributed by atoms with Gasteiger partial charge in [0.1, 0.15) is 12.4 Å². The SMILES string of the molecule is CN(C)c1ccc(CN(Cc2ccco2)C(=O)[C@@H]2COc3ccccc3O2)cc1. The molecule has 6 heteroatoms. The second kappa shape index (κ2) is 8.31. The summed E-state index contributed by atoms with van der Waals surface area (Å²) in [6, 6.07) is 19.2. The van der Waals surface area contributed by atoms with Crippen molar-refractivity contribution in [2.45, 2.75) is 19.2 Å². The number of benzene rings is 2. The van der Waals surface area contributed by atoms with Gasteiger partial charge < -0.3 is 23.7 Å². The molecule has 3 aromatic rings. The fourth-order valence-corrected chi connectivity index (χ4v) is 3.27. The summed E-state index contributed by atoms with van der Waals surface area (Å²) in [4.78, 5) is 17.1. The fourth-order valence-electron chi connectivity index (χ4n) is 3.27. The lowest BCUT2D eigenvalue weighted by atomic mass is 10.1. The molecule has 0 spiro atoms. The van der Waals surface area contributed by atoms with Crippen molar-refractivity contribution in [2.75, 3.05) is 25.6 Å². The molecule has 0 radical (unpaired) electrons. The van der Waals surface area contributed by atoms with Gasteiger partial charge in [0.2, 0.25) is 6.10 Å². The molecule has 4 rings (SSSR count). The highest BCUT2D eigenvalue weighted by Gasteiger charge is 2.31. The van der Waals surface area contributed by atoms with Gasteiger partial charge in [-0.1, -0.05) is 24.3 Å². The van der Waals surface area contributed by atoms with Crippen LogP contribution in [0, 0.1) is 0 Å². The highest BCUT2D eigenvalue weighted by atomic mass is 16.6. The number of furan rings is 1. The number of hydrogen-bond acceptors (Lipinski definition) is 5. The van der Waals surface area contributed by atoms with Gasteiger partial charge in [-0.2, -0.15) is 0 Å². The summed E-state index contributed by atoms with van der Waals surface area (Å²) >= 11 is 0. The van der Waals surface area contributed by atoms with E-state index in [1.165, 1.54) is 0 Å². The predicted octanol–water partition coefficient (Wildman–Crippen LogP) is 3.71. The molecule has 0 fully saturated rings. The molecule has 0 unspecified atom stereocenters. The summed E-state index contributed by atoms with van der Waals surface area (Å²) in [5.74, 6) is 1.84. The molecule has 29 heavy (non-hydrogen) atoms. The van der Waals surface area contributed by atoms with Gasteiger partial charge in [-0.25, -0.2) is 0 Å². The van der Waals surface area contributed by atoms with E-state index in [1.54, 1.807) is 11.2 Å². The zero-order valence-corrected chi connectivity index (χ0v) is 16.6. The first-order valence-electron chi connectivity index (χ1n) is 9.56. The van der Waals surface area contributed by atoms with E-state index in [9.17, 15) is 4.79 Å². The highest BCUT2D eigenvalue weighted by molar-refractivity contribution is 5.82. The average molecular weight is 392 g/mol. The first-order chi connectivity index (χ1) is 14.1. The summed E-state index contributed by atoms with van der Waals surface area (Å²) in [7, 11) is 4.00. The summed E-state index contributed by atoms with van der Waals surface area (Å²) in [6.45, 7) is 1.00. The van der Waals surface area contributed by atoms with Crippen LogP contribution in [0.2, 0.25) is 0 Å². The van der Waals surface area contributed by atoms with Crippen LogP contribution >= 0.6 is 0 Å². The number of nitrogens with zero attached hydrogens (tertiary/aromatic N) is 2. The van der Waals surface area contributed by atoms with Crippen LogP contribution in [0.25, 0.3) is 0 Å². The van der Waals surface area contributed by atoms with E-state index in [0.29, 0.717) is 24.6 Å². The van der Waals surface area contributed by atoms with Gasteiger partial charge in [0.15, 0.2) is 11.5 Å². The lowest BCUT2D eigenvalue weighted by Crippen LogP contribution is -2.45. The zero-order chi connectivity index (χ0) is 20.2. The van der Waals surface area contributed by atoms with E-state index in [1.807, 2.05) is 79.7 Å². The molecule has 150 valence electrons. The number of rotatable bonds is 6. The molecule has 2 aromatic carbocycles. The molecular weight excluding hydrogens is 368 g/mol. The van der Waals surface area contributed by atoms with Crippen LogP contribution in [-0.4, -0.2) is 37.6 Å². The second-order valence-corrected chi connectivity index (χ2v) is 7.20. The molecule has 0 aliphatic carbocycles. The lowest BCUT2D eigenvalue weighted by molar-refractivity contribution is -0.142. The van der Waals surface area contributed by atoms with Crippen LogP contribution in [0.5, 0.6) is 11.5 Å². The molecule has 2 heterocycles. The maximum Gasteiger partial charge on any atom is 0.267 e. The van der Waals surface area contributed by atoms with Crippen LogP contribution in [-0.2, 0) is 17.9 Å². The van der Waals surface area contributed by atoms with E-state index in [2.05, 4.69) is 0 Å². The number of amides is 1. The minimum atomic E-state index is -0.694. The molecule has 1 aromatic heterocycles. The number of para-hydroxylation sites is 2. The normalized spacial score (nSPS) is 15.0. The number of carbonyl (C=O) groups excluding carboxylic acids is 1. The van der Waals surface area contributed by atoms with Crippen molar-refractivity contribution in [3.05, 3.63) is 78.3 Å². The Kier molecular flexibility index (Phi) is 5.42. The third kappa shape index (κ3) is 4.37. The van der Waals surface area contributed by atoms with E-state index >= 15 is 0 Å². The fraction of sp³-hybridized carbons (Fsp3) is 0.261. The zero-order valence-electron chi connectivity index (χ0n) is 16.6. The molecule has 1 atom stereocenters. The standard InChI is InChI=1S/C23H24N2O4/c1-24(2)18-11-9-17(10-12-18)14-25(15-19-6-5-13-27-19)23(26)22-16-28-20-7-3-4-8-21(20)29-22/h3-13,22H,14-16H2,1-2H3/t22-/m0/s1. The van der Waals surface area contributed by atoms with E-state index in [-0.39, 0.29) is 12.5 Å². The van der Waals surface area contributed by atoms with Gasteiger partial charge in [-0.15, -0.1) is 0 Å². The van der Waals surface area contributed by atoms with E-state index < -0.39 is 6.10 Å². The van der Waals surface area contributed by atoms with Gasteiger partial charge in [-0.3, -0.25) is 4.79 Å². The maximum atomic E-state index is 13.3. The molecule has 1 aliphatic rings. The Balaban J connectivity index is 1.53. The van der Waals surface area contributed by atoms with Gasteiger partial charge in [-0.05, 0) is 42.0 Å². The molecular formula is C23H24N2O4. The Morgan fingerprint density at radius 1 is 0.966 bits per heavy atom. The van der Waals surface area contributed by atoms with Crippen molar-refractivity contribution in [1.82, 2.24) is 4.90 Å². The van der Waals surface area contributed by atoms with Crippen LogP contribution in [0.15, 0.2) is 71.3 Å². The number of ether oxygens (including phenoxy) is 2. The van der Waals surface area contributed by atoms with Crippen molar-refractivity contribution in [1.29, 1.82) is 0 Å². The first-order valence-corrected chi connectivity index (χ1v) is 9.56.